The lowest BCUT2D eigenvalue weighted by molar-refractivity contribution is 0.0623. The number of halogens is 1. The van der Waals surface area contributed by atoms with Crippen molar-refractivity contribution in [3.8, 4) is 0 Å². The summed E-state index contributed by atoms with van der Waals surface area (Å²) in [5.41, 5.74) is 7.05. The van der Waals surface area contributed by atoms with Gasteiger partial charge in [0.05, 0.1) is 0 Å². The van der Waals surface area contributed by atoms with E-state index in [0.29, 0.717) is 24.1 Å². The van der Waals surface area contributed by atoms with E-state index in [1.807, 2.05) is 11.8 Å². The van der Waals surface area contributed by atoms with Crippen LogP contribution in [0.2, 0.25) is 0 Å². The fraction of sp³-hybridized carbons (Fsp3) is 0.500. The Morgan fingerprint density at radius 3 is 2.38 bits per heavy atom. The quantitative estimate of drug-likeness (QED) is 0.870. The standard InChI is InChI=1S/C16H22N2O2.ClH/c1-2-15(19)12-6-8-13(9-7-12)16(20)18-10-4-3-5-14(18)11-17;/h6-9,14H,2-5,10-11,17H2,1H3;1H. The average molecular weight is 311 g/mol. The average Bonchev–Trinajstić information content (AvgIpc) is 2.53. The summed E-state index contributed by atoms with van der Waals surface area (Å²) in [6, 6.07) is 7.11. The first-order valence-electron chi connectivity index (χ1n) is 7.31. The van der Waals surface area contributed by atoms with Gasteiger partial charge in [0.2, 0.25) is 0 Å². The summed E-state index contributed by atoms with van der Waals surface area (Å²) in [5.74, 6) is 0.123. The van der Waals surface area contributed by atoms with Gasteiger partial charge in [-0.15, -0.1) is 12.4 Å². The lowest BCUT2D eigenvalue weighted by Crippen LogP contribution is -2.47. The number of Topliss-reactive ketones (excluding diaryl/α,β-unsaturated/α-hetero) is 1. The second kappa shape index (κ2) is 8.15. The van der Waals surface area contributed by atoms with Crippen LogP contribution in [0.15, 0.2) is 24.3 Å². The number of nitrogens with zero attached hydrogens (tertiary/aromatic N) is 1. The molecule has 1 aliphatic heterocycles. The van der Waals surface area contributed by atoms with Crippen LogP contribution in [0.1, 0.15) is 53.3 Å². The summed E-state index contributed by atoms with van der Waals surface area (Å²) in [6.45, 7) is 3.12. The van der Waals surface area contributed by atoms with Gasteiger partial charge in [-0.05, 0) is 31.4 Å². The molecule has 1 fully saturated rings. The van der Waals surface area contributed by atoms with Crippen LogP contribution in [0, 0.1) is 0 Å². The van der Waals surface area contributed by atoms with Gasteiger partial charge < -0.3 is 10.6 Å². The molecule has 4 nitrogen and oxygen atoms in total. The Labute approximate surface area is 132 Å². The van der Waals surface area contributed by atoms with Crippen molar-refractivity contribution in [1.82, 2.24) is 4.90 Å². The van der Waals surface area contributed by atoms with Gasteiger partial charge in [0.1, 0.15) is 0 Å². The van der Waals surface area contributed by atoms with Gasteiger partial charge in [0.15, 0.2) is 5.78 Å². The summed E-state index contributed by atoms with van der Waals surface area (Å²) >= 11 is 0. The topological polar surface area (TPSA) is 63.4 Å². The number of likely N-dealkylation sites (tertiary alicyclic amines) is 1. The van der Waals surface area contributed by atoms with E-state index < -0.39 is 0 Å². The van der Waals surface area contributed by atoms with Crippen LogP contribution in [0.5, 0.6) is 0 Å². The van der Waals surface area contributed by atoms with Gasteiger partial charge in [-0.3, -0.25) is 9.59 Å². The van der Waals surface area contributed by atoms with Crippen molar-refractivity contribution in [2.24, 2.45) is 5.73 Å². The van der Waals surface area contributed by atoms with Crippen LogP contribution in [-0.4, -0.2) is 35.7 Å². The van der Waals surface area contributed by atoms with Crippen LogP contribution >= 0.6 is 12.4 Å². The zero-order chi connectivity index (χ0) is 14.5. The molecule has 0 radical (unpaired) electrons. The predicted molar refractivity (Wildman–Crippen MR) is 86.0 cm³/mol. The lowest BCUT2D eigenvalue weighted by Gasteiger charge is -2.35. The van der Waals surface area contributed by atoms with Crippen molar-refractivity contribution < 1.29 is 9.59 Å². The van der Waals surface area contributed by atoms with E-state index in [1.54, 1.807) is 24.3 Å². The summed E-state index contributed by atoms with van der Waals surface area (Å²) in [4.78, 5) is 26.0. The first-order chi connectivity index (χ1) is 9.67. The first-order valence-corrected chi connectivity index (χ1v) is 7.31. The van der Waals surface area contributed by atoms with Gasteiger partial charge in [0, 0.05) is 36.7 Å². The van der Waals surface area contributed by atoms with Crippen molar-refractivity contribution in [2.45, 2.75) is 38.6 Å². The molecule has 0 bridgehead atoms. The molecular weight excluding hydrogens is 288 g/mol. The Morgan fingerprint density at radius 2 is 1.81 bits per heavy atom. The number of hydrogen-bond donors (Lipinski definition) is 1. The number of piperidine rings is 1. The molecule has 5 heteroatoms. The van der Waals surface area contributed by atoms with E-state index in [4.69, 9.17) is 5.73 Å². The fourth-order valence-corrected chi connectivity index (χ4v) is 2.68. The molecule has 21 heavy (non-hydrogen) atoms. The number of nitrogens with two attached hydrogens (primary N) is 1. The molecular formula is C16H23ClN2O2. The maximum atomic E-state index is 12.5. The molecule has 1 saturated heterocycles. The number of rotatable bonds is 4. The minimum absolute atomic E-state index is 0. The highest BCUT2D eigenvalue weighted by Crippen LogP contribution is 2.19. The number of benzene rings is 1. The van der Waals surface area contributed by atoms with Crippen molar-refractivity contribution >= 4 is 24.1 Å². The molecule has 116 valence electrons. The number of amides is 1. The van der Waals surface area contributed by atoms with Crippen LogP contribution in [0.25, 0.3) is 0 Å². The maximum Gasteiger partial charge on any atom is 0.254 e. The molecule has 0 aliphatic carbocycles. The fourth-order valence-electron chi connectivity index (χ4n) is 2.68. The Balaban J connectivity index is 0.00000220. The summed E-state index contributed by atoms with van der Waals surface area (Å²) in [7, 11) is 0. The van der Waals surface area contributed by atoms with Gasteiger partial charge >= 0.3 is 0 Å². The molecule has 1 aliphatic rings. The van der Waals surface area contributed by atoms with Crippen LogP contribution in [-0.2, 0) is 0 Å². The van der Waals surface area contributed by atoms with Crippen molar-refractivity contribution in [3.63, 3.8) is 0 Å². The van der Waals surface area contributed by atoms with Crippen molar-refractivity contribution in [3.05, 3.63) is 35.4 Å². The molecule has 1 aromatic carbocycles. The SMILES string of the molecule is CCC(=O)c1ccc(C(=O)N2CCCCC2CN)cc1.Cl. The molecule has 1 heterocycles. The van der Waals surface area contributed by atoms with E-state index in [0.717, 1.165) is 25.8 Å². The summed E-state index contributed by atoms with van der Waals surface area (Å²) < 4.78 is 0. The first kappa shape index (κ1) is 17.7. The molecule has 2 rings (SSSR count). The Kier molecular flexibility index (Phi) is 6.85. The summed E-state index contributed by atoms with van der Waals surface area (Å²) in [5, 5.41) is 0. The van der Waals surface area contributed by atoms with Gasteiger partial charge in [-0.1, -0.05) is 19.1 Å². The zero-order valence-electron chi connectivity index (χ0n) is 12.4. The van der Waals surface area contributed by atoms with Gasteiger partial charge in [-0.25, -0.2) is 0 Å². The molecule has 1 amide bonds. The van der Waals surface area contributed by atoms with E-state index >= 15 is 0 Å². The van der Waals surface area contributed by atoms with E-state index in [-0.39, 0.29) is 30.1 Å². The van der Waals surface area contributed by atoms with E-state index in [1.165, 1.54) is 0 Å². The van der Waals surface area contributed by atoms with Gasteiger partial charge in [-0.2, -0.15) is 0 Å². The number of hydrogen-bond acceptors (Lipinski definition) is 3. The third-order valence-electron chi connectivity index (χ3n) is 3.94. The molecule has 1 aromatic rings. The highest BCUT2D eigenvalue weighted by molar-refractivity contribution is 5.98. The maximum absolute atomic E-state index is 12.5. The second-order valence-electron chi connectivity index (χ2n) is 5.24. The third-order valence-corrected chi connectivity index (χ3v) is 3.94. The normalized spacial score (nSPS) is 18.0. The van der Waals surface area contributed by atoms with Crippen LogP contribution < -0.4 is 5.73 Å². The summed E-state index contributed by atoms with van der Waals surface area (Å²) in [6.07, 6.45) is 3.63. The van der Waals surface area contributed by atoms with Crippen LogP contribution in [0.4, 0.5) is 0 Å². The molecule has 1 atom stereocenters. The number of carbonyl (C=O) groups excluding carboxylic acids is 2. The minimum Gasteiger partial charge on any atom is -0.334 e. The molecule has 2 N–H and O–H groups in total. The molecule has 0 aromatic heterocycles. The third kappa shape index (κ3) is 4.05. The lowest BCUT2D eigenvalue weighted by atomic mass is 10.00. The molecule has 0 saturated carbocycles. The van der Waals surface area contributed by atoms with Crippen molar-refractivity contribution in [1.29, 1.82) is 0 Å². The highest BCUT2D eigenvalue weighted by Gasteiger charge is 2.26. The Hall–Kier alpha value is -1.39. The van der Waals surface area contributed by atoms with Crippen molar-refractivity contribution in [2.75, 3.05) is 13.1 Å². The van der Waals surface area contributed by atoms with E-state index in [2.05, 4.69) is 0 Å². The molecule has 0 spiro atoms. The number of carbonyl (C=O) groups is 2. The minimum atomic E-state index is 0. The van der Waals surface area contributed by atoms with Crippen LogP contribution in [0.3, 0.4) is 0 Å². The van der Waals surface area contributed by atoms with Gasteiger partial charge in [0.25, 0.3) is 5.91 Å². The number of ketones is 1. The molecule has 1 unspecified atom stereocenters. The predicted octanol–water partition coefficient (Wildman–Crippen LogP) is 2.65. The monoisotopic (exact) mass is 310 g/mol. The Bertz CT molecular complexity index is 488. The Morgan fingerprint density at radius 1 is 1.19 bits per heavy atom. The smallest absolute Gasteiger partial charge is 0.254 e. The second-order valence-corrected chi connectivity index (χ2v) is 5.24. The zero-order valence-corrected chi connectivity index (χ0v) is 13.2. The van der Waals surface area contributed by atoms with E-state index in [9.17, 15) is 9.59 Å². The highest BCUT2D eigenvalue weighted by atomic mass is 35.5. The largest absolute Gasteiger partial charge is 0.334 e.